The Morgan fingerprint density at radius 1 is 0.974 bits per heavy atom. The highest BCUT2D eigenvalue weighted by molar-refractivity contribution is 7.92. The number of carbonyl (C=O) groups is 1. The van der Waals surface area contributed by atoms with Crippen molar-refractivity contribution in [1.29, 1.82) is 0 Å². The standard InChI is InChI=1S/C29H25N3O4S2/c1-36-19-18-31-26-15-12-20-6-2-4-8-24(20)27(26)37-29(31)30-28(33)22-10-13-23(14-11-22)38(34,35)32-17-16-21-7-3-5-9-25(21)32/h2-15H,16-19H2,1H3. The second kappa shape index (κ2) is 9.83. The molecule has 5 aromatic rings. The number of sulfonamides is 1. The van der Waals surface area contributed by atoms with Crippen molar-refractivity contribution in [2.75, 3.05) is 24.6 Å². The van der Waals surface area contributed by atoms with Crippen LogP contribution in [-0.4, -0.2) is 39.2 Å². The first-order valence-corrected chi connectivity index (χ1v) is 14.5. The molecule has 0 aliphatic carbocycles. The minimum atomic E-state index is -3.73. The Balaban J connectivity index is 1.35. The van der Waals surface area contributed by atoms with Gasteiger partial charge in [0.1, 0.15) is 0 Å². The fraction of sp³-hybridized carbons (Fsp3) is 0.172. The zero-order chi connectivity index (χ0) is 26.3. The molecule has 0 atom stereocenters. The summed E-state index contributed by atoms with van der Waals surface area (Å²) in [6, 6.07) is 25.8. The number of fused-ring (bicyclic) bond motifs is 4. The number of hydrogen-bond donors (Lipinski definition) is 0. The number of methoxy groups -OCH3 is 1. The van der Waals surface area contributed by atoms with Gasteiger partial charge in [-0.1, -0.05) is 59.9 Å². The number of ether oxygens (including phenoxy) is 1. The van der Waals surface area contributed by atoms with Crippen LogP contribution < -0.4 is 9.11 Å². The molecule has 1 amide bonds. The van der Waals surface area contributed by atoms with Gasteiger partial charge in [0, 0.05) is 31.1 Å². The van der Waals surface area contributed by atoms with Crippen LogP contribution in [0.4, 0.5) is 5.69 Å². The van der Waals surface area contributed by atoms with Gasteiger partial charge in [0.2, 0.25) is 0 Å². The van der Waals surface area contributed by atoms with Crippen LogP contribution >= 0.6 is 11.3 Å². The van der Waals surface area contributed by atoms with E-state index in [1.165, 1.54) is 39.9 Å². The summed E-state index contributed by atoms with van der Waals surface area (Å²) >= 11 is 1.46. The Labute approximate surface area is 224 Å². The van der Waals surface area contributed by atoms with E-state index in [0.29, 0.717) is 42.2 Å². The number of para-hydroxylation sites is 1. The topological polar surface area (TPSA) is 81.0 Å². The molecule has 0 saturated heterocycles. The lowest BCUT2D eigenvalue weighted by atomic mass is 10.1. The first-order valence-electron chi connectivity index (χ1n) is 12.3. The van der Waals surface area contributed by atoms with Gasteiger partial charge in [0.15, 0.2) is 4.80 Å². The summed E-state index contributed by atoms with van der Waals surface area (Å²) in [5.41, 5.74) is 3.04. The molecule has 2 heterocycles. The van der Waals surface area contributed by atoms with Crippen molar-refractivity contribution in [3.8, 4) is 0 Å². The Hall–Kier alpha value is -3.79. The lowest BCUT2D eigenvalue weighted by Crippen LogP contribution is -2.29. The molecule has 0 spiro atoms. The van der Waals surface area contributed by atoms with Crippen molar-refractivity contribution in [2.24, 2.45) is 4.99 Å². The number of rotatable bonds is 6. The normalized spacial score (nSPS) is 13.9. The van der Waals surface area contributed by atoms with E-state index in [9.17, 15) is 13.2 Å². The number of nitrogens with zero attached hydrogens (tertiary/aromatic N) is 3. The molecular weight excluding hydrogens is 518 g/mol. The average molecular weight is 544 g/mol. The number of aromatic nitrogens is 1. The molecule has 38 heavy (non-hydrogen) atoms. The van der Waals surface area contributed by atoms with Crippen LogP contribution in [0.3, 0.4) is 0 Å². The summed E-state index contributed by atoms with van der Waals surface area (Å²) in [5.74, 6) is -0.428. The van der Waals surface area contributed by atoms with Crippen molar-refractivity contribution < 1.29 is 17.9 Å². The van der Waals surface area contributed by atoms with E-state index in [1.54, 1.807) is 7.11 Å². The fourth-order valence-corrected chi connectivity index (χ4v) is 7.58. The molecule has 0 radical (unpaired) electrons. The summed E-state index contributed by atoms with van der Waals surface area (Å²) in [7, 11) is -2.09. The van der Waals surface area contributed by atoms with Crippen LogP contribution in [0.15, 0.2) is 94.8 Å². The highest BCUT2D eigenvalue weighted by Crippen LogP contribution is 2.33. The molecule has 0 bridgehead atoms. The summed E-state index contributed by atoms with van der Waals surface area (Å²) in [6.45, 7) is 1.43. The number of hydrogen-bond acceptors (Lipinski definition) is 5. The van der Waals surface area contributed by atoms with Gasteiger partial charge in [-0.3, -0.25) is 9.10 Å². The maximum absolute atomic E-state index is 13.3. The number of thiazole rings is 1. The number of amides is 1. The van der Waals surface area contributed by atoms with Crippen molar-refractivity contribution in [3.63, 3.8) is 0 Å². The molecule has 1 aromatic heterocycles. The van der Waals surface area contributed by atoms with Crippen LogP contribution in [0.5, 0.6) is 0 Å². The SMILES string of the molecule is COCCn1c(=NC(=O)c2ccc(S(=O)(=O)N3CCc4ccccc43)cc2)sc2c3ccccc3ccc21. The Kier molecular flexibility index (Phi) is 6.35. The van der Waals surface area contributed by atoms with Crippen molar-refractivity contribution >= 4 is 53.9 Å². The largest absolute Gasteiger partial charge is 0.383 e. The molecule has 9 heteroatoms. The Morgan fingerprint density at radius 3 is 2.55 bits per heavy atom. The molecule has 1 aliphatic heterocycles. The van der Waals surface area contributed by atoms with Crippen LogP contribution in [0.25, 0.3) is 21.0 Å². The lowest BCUT2D eigenvalue weighted by Gasteiger charge is -2.19. The van der Waals surface area contributed by atoms with Crippen LogP contribution in [0.2, 0.25) is 0 Å². The highest BCUT2D eigenvalue weighted by Gasteiger charge is 2.30. The molecule has 7 nitrogen and oxygen atoms in total. The fourth-order valence-electron chi connectivity index (χ4n) is 4.89. The van der Waals surface area contributed by atoms with E-state index in [0.717, 1.165) is 26.6 Å². The molecule has 192 valence electrons. The second-order valence-electron chi connectivity index (χ2n) is 9.06. The van der Waals surface area contributed by atoms with E-state index in [1.807, 2.05) is 47.0 Å². The quantitative estimate of drug-likeness (QED) is 0.302. The van der Waals surface area contributed by atoms with Gasteiger partial charge in [-0.2, -0.15) is 4.99 Å². The molecule has 4 aromatic carbocycles. The number of anilines is 1. The van der Waals surface area contributed by atoms with Gasteiger partial charge in [-0.25, -0.2) is 8.42 Å². The minimum Gasteiger partial charge on any atom is -0.383 e. The lowest BCUT2D eigenvalue weighted by molar-refractivity contribution is 0.0997. The third-order valence-electron chi connectivity index (χ3n) is 6.82. The van der Waals surface area contributed by atoms with Gasteiger partial charge in [0.25, 0.3) is 15.9 Å². The van der Waals surface area contributed by atoms with Crippen molar-refractivity contribution in [3.05, 3.63) is 101 Å². The van der Waals surface area contributed by atoms with Crippen LogP contribution in [0, 0.1) is 0 Å². The summed E-state index contributed by atoms with van der Waals surface area (Å²) in [5, 5.41) is 2.23. The molecule has 6 rings (SSSR count). The van der Waals surface area contributed by atoms with Crippen LogP contribution in [-0.2, 0) is 27.7 Å². The zero-order valence-corrected chi connectivity index (χ0v) is 22.3. The molecule has 0 saturated carbocycles. The Morgan fingerprint density at radius 2 is 1.74 bits per heavy atom. The van der Waals surface area contributed by atoms with Crippen molar-refractivity contribution in [1.82, 2.24) is 4.57 Å². The van der Waals surface area contributed by atoms with E-state index >= 15 is 0 Å². The molecule has 0 fully saturated rings. The van der Waals surface area contributed by atoms with E-state index in [4.69, 9.17) is 4.74 Å². The van der Waals surface area contributed by atoms with Gasteiger partial charge in [0.05, 0.1) is 27.4 Å². The summed E-state index contributed by atoms with van der Waals surface area (Å²) < 4.78 is 36.4. The second-order valence-corrected chi connectivity index (χ2v) is 11.9. The summed E-state index contributed by atoms with van der Waals surface area (Å²) in [4.78, 5) is 18.4. The van der Waals surface area contributed by atoms with Gasteiger partial charge < -0.3 is 9.30 Å². The molecule has 1 aliphatic rings. The van der Waals surface area contributed by atoms with Gasteiger partial charge >= 0.3 is 0 Å². The van der Waals surface area contributed by atoms with Crippen LogP contribution in [0.1, 0.15) is 15.9 Å². The molecule has 0 N–H and O–H groups in total. The zero-order valence-electron chi connectivity index (χ0n) is 20.7. The van der Waals surface area contributed by atoms with Crippen molar-refractivity contribution in [2.45, 2.75) is 17.9 Å². The average Bonchev–Trinajstić information content (AvgIpc) is 3.54. The predicted molar refractivity (Wildman–Crippen MR) is 150 cm³/mol. The monoisotopic (exact) mass is 543 g/mol. The number of carbonyl (C=O) groups excluding carboxylic acids is 1. The highest BCUT2D eigenvalue weighted by atomic mass is 32.2. The molecule has 0 unspecified atom stereocenters. The van der Waals surface area contributed by atoms with Gasteiger partial charge in [-0.15, -0.1) is 0 Å². The Bertz CT molecular complexity index is 1850. The minimum absolute atomic E-state index is 0.147. The van der Waals surface area contributed by atoms with Gasteiger partial charge in [-0.05, 0) is 53.8 Å². The maximum atomic E-state index is 13.3. The summed E-state index contributed by atoms with van der Waals surface area (Å²) in [6.07, 6.45) is 0.679. The van der Waals surface area contributed by atoms with E-state index < -0.39 is 15.9 Å². The number of benzene rings is 4. The first-order chi connectivity index (χ1) is 18.5. The maximum Gasteiger partial charge on any atom is 0.279 e. The third-order valence-corrected chi connectivity index (χ3v) is 9.78. The smallest absolute Gasteiger partial charge is 0.279 e. The predicted octanol–water partition coefficient (Wildman–Crippen LogP) is 4.99. The molecular formula is C29H25N3O4S2. The van der Waals surface area contributed by atoms with E-state index in [-0.39, 0.29) is 4.90 Å². The first kappa shape index (κ1) is 24.5. The third kappa shape index (κ3) is 4.22. The van der Waals surface area contributed by atoms with E-state index in [2.05, 4.69) is 23.2 Å².